The van der Waals surface area contributed by atoms with Gasteiger partial charge in [-0.15, -0.1) is 0 Å². The van der Waals surface area contributed by atoms with Gasteiger partial charge in [0.25, 0.3) is 0 Å². The molecule has 0 saturated heterocycles. The molecule has 1 rings (SSSR count). The van der Waals surface area contributed by atoms with E-state index in [1.165, 1.54) is 16.7 Å². The molecule has 3 nitrogen and oxygen atoms in total. The average molecular weight is 262 g/mol. The van der Waals surface area contributed by atoms with Gasteiger partial charge in [-0.25, -0.2) is 0 Å². The first-order valence-corrected chi connectivity index (χ1v) is 6.94. The molecule has 106 valence electrons. The molecule has 2 unspecified atom stereocenters. The van der Waals surface area contributed by atoms with Gasteiger partial charge in [-0.3, -0.25) is 10.1 Å². The van der Waals surface area contributed by atoms with E-state index in [4.69, 9.17) is 0 Å². The number of carbonyl (C=O) groups is 1. The summed E-state index contributed by atoms with van der Waals surface area (Å²) in [5.41, 5.74) is 3.75. The standard InChI is InChI=1S/C16H26N2O/c1-10(2)17-16(19)14(6)18-13(5)15-9-11(3)7-8-12(15)4/h7-10,13-14,18H,1-6H3,(H,17,19). The third-order valence-electron chi connectivity index (χ3n) is 3.23. The molecular weight excluding hydrogens is 236 g/mol. The van der Waals surface area contributed by atoms with Gasteiger partial charge in [-0.05, 0) is 52.7 Å². The normalized spacial score (nSPS) is 14.3. The first-order valence-electron chi connectivity index (χ1n) is 6.94. The van der Waals surface area contributed by atoms with Gasteiger partial charge in [-0.1, -0.05) is 23.8 Å². The zero-order valence-electron chi connectivity index (χ0n) is 12.9. The summed E-state index contributed by atoms with van der Waals surface area (Å²) < 4.78 is 0. The summed E-state index contributed by atoms with van der Waals surface area (Å²) in [5, 5.41) is 6.28. The summed E-state index contributed by atoms with van der Waals surface area (Å²) in [5.74, 6) is 0.0483. The Morgan fingerprint density at radius 1 is 1.11 bits per heavy atom. The van der Waals surface area contributed by atoms with E-state index in [-0.39, 0.29) is 24.0 Å². The first-order chi connectivity index (χ1) is 8.81. The fourth-order valence-corrected chi connectivity index (χ4v) is 2.18. The first kappa shape index (κ1) is 15.7. The number of aryl methyl sites for hydroxylation is 2. The molecule has 0 heterocycles. The zero-order chi connectivity index (χ0) is 14.6. The summed E-state index contributed by atoms with van der Waals surface area (Å²) in [6.45, 7) is 12.1. The van der Waals surface area contributed by atoms with Crippen LogP contribution in [0.4, 0.5) is 0 Å². The molecule has 1 amide bonds. The Bertz CT molecular complexity index is 440. The molecule has 0 aliphatic rings. The Kier molecular flexibility index (Phi) is 5.55. The number of amides is 1. The Balaban J connectivity index is 2.71. The second kappa shape index (κ2) is 6.71. The van der Waals surface area contributed by atoms with E-state index in [1.54, 1.807) is 0 Å². The van der Waals surface area contributed by atoms with Crippen molar-refractivity contribution in [3.8, 4) is 0 Å². The number of carbonyl (C=O) groups excluding carboxylic acids is 1. The van der Waals surface area contributed by atoms with Crippen LogP contribution in [0.15, 0.2) is 18.2 Å². The van der Waals surface area contributed by atoms with Gasteiger partial charge in [0.2, 0.25) is 5.91 Å². The van der Waals surface area contributed by atoms with Crippen molar-refractivity contribution >= 4 is 5.91 Å². The van der Waals surface area contributed by atoms with E-state index < -0.39 is 0 Å². The Morgan fingerprint density at radius 3 is 2.32 bits per heavy atom. The summed E-state index contributed by atoms with van der Waals surface area (Å²) in [6.07, 6.45) is 0. The Labute approximate surface area is 116 Å². The highest BCUT2D eigenvalue weighted by Crippen LogP contribution is 2.19. The molecule has 0 spiro atoms. The van der Waals surface area contributed by atoms with Crippen molar-refractivity contribution in [1.29, 1.82) is 0 Å². The van der Waals surface area contributed by atoms with E-state index in [9.17, 15) is 4.79 Å². The molecule has 0 aliphatic carbocycles. The fraction of sp³-hybridized carbons (Fsp3) is 0.562. The lowest BCUT2D eigenvalue weighted by Crippen LogP contribution is -2.45. The van der Waals surface area contributed by atoms with Crippen LogP contribution in [0, 0.1) is 13.8 Å². The molecular formula is C16H26N2O. The number of hydrogen-bond acceptors (Lipinski definition) is 2. The monoisotopic (exact) mass is 262 g/mol. The van der Waals surface area contributed by atoms with E-state index >= 15 is 0 Å². The van der Waals surface area contributed by atoms with Crippen LogP contribution < -0.4 is 10.6 Å². The predicted molar refractivity (Wildman–Crippen MR) is 80.2 cm³/mol. The molecule has 0 bridgehead atoms. The number of nitrogens with one attached hydrogen (secondary N) is 2. The van der Waals surface area contributed by atoms with E-state index in [0.717, 1.165) is 0 Å². The third kappa shape index (κ3) is 4.67. The van der Waals surface area contributed by atoms with Gasteiger partial charge in [0.1, 0.15) is 0 Å². The SMILES string of the molecule is Cc1ccc(C)c(C(C)NC(C)C(=O)NC(C)C)c1. The third-order valence-corrected chi connectivity index (χ3v) is 3.23. The van der Waals surface area contributed by atoms with Gasteiger partial charge >= 0.3 is 0 Å². The van der Waals surface area contributed by atoms with E-state index in [1.807, 2.05) is 20.8 Å². The van der Waals surface area contributed by atoms with Crippen molar-refractivity contribution in [3.05, 3.63) is 34.9 Å². The maximum Gasteiger partial charge on any atom is 0.237 e. The van der Waals surface area contributed by atoms with Gasteiger partial charge < -0.3 is 5.32 Å². The predicted octanol–water partition coefficient (Wildman–Crippen LogP) is 2.87. The van der Waals surface area contributed by atoms with Crippen LogP contribution in [0.2, 0.25) is 0 Å². The van der Waals surface area contributed by atoms with Crippen molar-refractivity contribution in [2.45, 2.75) is 59.7 Å². The van der Waals surface area contributed by atoms with Gasteiger partial charge in [0.15, 0.2) is 0 Å². The summed E-state index contributed by atoms with van der Waals surface area (Å²) in [7, 11) is 0. The lowest BCUT2D eigenvalue weighted by molar-refractivity contribution is -0.123. The lowest BCUT2D eigenvalue weighted by atomic mass is 9.99. The van der Waals surface area contributed by atoms with Crippen LogP contribution in [-0.4, -0.2) is 18.0 Å². The zero-order valence-corrected chi connectivity index (χ0v) is 12.9. The summed E-state index contributed by atoms with van der Waals surface area (Å²) in [6, 6.07) is 6.56. The average Bonchev–Trinajstić information content (AvgIpc) is 2.31. The minimum Gasteiger partial charge on any atom is -0.353 e. The van der Waals surface area contributed by atoms with Crippen LogP contribution in [0.3, 0.4) is 0 Å². The second-order valence-corrected chi connectivity index (χ2v) is 5.63. The highest BCUT2D eigenvalue weighted by molar-refractivity contribution is 5.81. The molecule has 0 aromatic heterocycles. The van der Waals surface area contributed by atoms with Crippen molar-refractivity contribution in [2.75, 3.05) is 0 Å². The molecule has 3 heteroatoms. The van der Waals surface area contributed by atoms with E-state index in [0.29, 0.717) is 0 Å². The van der Waals surface area contributed by atoms with Gasteiger partial charge in [0, 0.05) is 12.1 Å². The quantitative estimate of drug-likeness (QED) is 0.856. The van der Waals surface area contributed by atoms with Crippen LogP contribution in [-0.2, 0) is 4.79 Å². The second-order valence-electron chi connectivity index (χ2n) is 5.63. The number of benzene rings is 1. The minimum atomic E-state index is -0.197. The van der Waals surface area contributed by atoms with Crippen molar-refractivity contribution < 1.29 is 4.79 Å². The summed E-state index contributed by atoms with van der Waals surface area (Å²) in [4.78, 5) is 11.9. The van der Waals surface area contributed by atoms with Crippen molar-refractivity contribution in [3.63, 3.8) is 0 Å². The maximum absolute atomic E-state index is 11.9. The number of rotatable bonds is 5. The lowest BCUT2D eigenvalue weighted by Gasteiger charge is -2.22. The van der Waals surface area contributed by atoms with Crippen molar-refractivity contribution in [1.82, 2.24) is 10.6 Å². The van der Waals surface area contributed by atoms with Crippen LogP contribution in [0.25, 0.3) is 0 Å². The van der Waals surface area contributed by atoms with E-state index in [2.05, 4.69) is 49.6 Å². The largest absolute Gasteiger partial charge is 0.353 e. The van der Waals surface area contributed by atoms with Crippen LogP contribution in [0.5, 0.6) is 0 Å². The van der Waals surface area contributed by atoms with Crippen molar-refractivity contribution in [2.24, 2.45) is 0 Å². The molecule has 1 aromatic carbocycles. The Hall–Kier alpha value is -1.35. The fourth-order valence-electron chi connectivity index (χ4n) is 2.18. The minimum absolute atomic E-state index is 0.0483. The highest BCUT2D eigenvalue weighted by atomic mass is 16.2. The highest BCUT2D eigenvalue weighted by Gasteiger charge is 2.17. The smallest absolute Gasteiger partial charge is 0.237 e. The molecule has 2 N–H and O–H groups in total. The van der Waals surface area contributed by atoms with Crippen LogP contribution >= 0.6 is 0 Å². The topological polar surface area (TPSA) is 41.1 Å². The van der Waals surface area contributed by atoms with Gasteiger partial charge in [-0.2, -0.15) is 0 Å². The molecule has 2 atom stereocenters. The van der Waals surface area contributed by atoms with Gasteiger partial charge in [0.05, 0.1) is 6.04 Å². The maximum atomic E-state index is 11.9. The number of hydrogen-bond donors (Lipinski definition) is 2. The molecule has 1 aromatic rings. The summed E-state index contributed by atoms with van der Waals surface area (Å²) >= 11 is 0. The molecule has 0 fully saturated rings. The molecule has 0 radical (unpaired) electrons. The molecule has 0 saturated carbocycles. The Morgan fingerprint density at radius 2 is 1.74 bits per heavy atom. The molecule has 0 aliphatic heterocycles. The molecule has 19 heavy (non-hydrogen) atoms. The van der Waals surface area contributed by atoms with Crippen LogP contribution in [0.1, 0.15) is 50.4 Å².